The van der Waals surface area contributed by atoms with Crippen molar-refractivity contribution >= 4 is 22.6 Å². The van der Waals surface area contributed by atoms with Crippen LogP contribution in [-0.4, -0.2) is 29.3 Å². The van der Waals surface area contributed by atoms with Gasteiger partial charge in [0.2, 0.25) is 0 Å². The van der Waals surface area contributed by atoms with E-state index in [0.29, 0.717) is 32.7 Å². The van der Waals surface area contributed by atoms with Crippen LogP contribution in [0.5, 0.6) is 11.5 Å². The molecule has 0 amide bonds. The lowest BCUT2D eigenvalue weighted by Crippen LogP contribution is -2.15. The van der Waals surface area contributed by atoms with E-state index in [1.54, 1.807) is 0 Å². The molecule has 2 aromatic carbocycles. The Hall–Kier alpha value is -2.24. The number of hydrogen-bond donors (Lipinski definition) is 1. The zero-order valence-electron chi connectivity index (χ0n) is 13.2. The van der Waals surface area contributed by atoms with E-state index in [1.165, 1.54) is 0 Å². The minimum atomic E-state index is 0.547. The highest BCUT2D eigenvalue weighted by atomic mass is 35.5. The summed E-state index contributed by atoms with van der Waals surface area (Å²) < 4.78 is 13.5. The highest BCUT2D eigenvalue weighted by Gasteiger charge is 2.18. The maximum Gasteiger partial charge on any atom is 0.163 e. The molecular formula is C18H18ClN3O2. The quantitative estimate of drug-likeness (QED) is 0.791. The van der Waals surface area contributed by atoms with Gasteiger partial charge in [0, 0.05) is 30.1 Å². The van der Waals surface area contributed by atoms with Gasteiger partial charge in [-0.2, -0.15) is 0 Å². The first-order valence-electron chi connectivity index (χ1n) is 7.98. The van der Waals surface area contributed by atoms with E-state index in [2.05, 4.69) is 10.6 Å². The summed E-state index contributed by atoms with van der Waals surface area (Å²) in [6.07, 6.45) is 0.710. The van der Waals surface area contributed by atoms with Gasteiger partial charge in [-0.3, -0.25) is 0 Å². The fraction of sp³-hybridized carbons (Fsp3) is 0.278. The van der Waals surface area contributed by atoms with Crippen LogP contribution in [0, 0.1) is 0 Å². The highest BCUT2D eigenvalue weighted by molar-refractivity contribution is 6.30. The van der Waals surface area contributed by atoms with Gasteiger partial charge < -0.3 is 19.8 Å². The van der Waals surface area contributed by atoms with Crippen LogP contribution in [-0.2, 0) is 13.0 Å². The van der Waals surface area contributed by atoms with Crippen LogP contribution in [0.1, 0.15) is 11.4 Å². The van der Waals surface area contributed by atoms with Crippen LogP contribution >= 0.6 is 11.6 Å². The van der Waals surface area contributed by atoms with Crippen molar-refractivity contribution in [3.63, 3.8) is 0 Å². The second kappa shape index (κ2) is 6.34. The first-order valence-corrected chi connectivity index (χ1v) is 8.35. The molecule has 0 fully saturated rings. The Morgan fingerprint density at radius 1 is 1.12 bits per heavy atom. The summed E-state index contributed by atoms with van der Waals surface area (Å²) in [5, 5.41) is 0.728. The van der Waals surface area contributed by atoms with E-state index in [9.17, 15) is 0 Å². The molecule has 124 valence electrons. The number of rotatable bonds is 4. The van der Waals surface area contributed by atoms with Gasteiger partial charge in [-0.15, -0.1) is 0 Å². The summed E-state index contributed by atoms with van der Waals surface area (Å²) in [6.45, 7) is 2.37. The molecule has 1 aliphatic heterocycles. The van der Waals surface area contributed by atoms with Gasteiger partial charge in [-0.1, -0.05) is 23.7 Å². The second-order valence-corrected chi connectivity index (χ2v) is 6.20. The number of imidazole rings is 1. The van der Waals surface area contributed by atoms with Gasteiger partial charge in [0.25, 0.3) is 0 Å². The standard InChI is InChI=1S/C18H18ClN3O2/c19-13-3-1-2-12(8-13)11-22-15-10-17-16(23-6-7-24-17)9-14(15)21-18(22)4-5-20/h1-3,8-10H,4-7,11,20H2. The summed E-state index contributed by atoms with van der Waals surface area (Å²) in [5.74, 6) is 2.47. The molecule has 5 nitrogen and oxygen atoms in total. The highest BCUT2D eigenvalue weighted by Crippen LogP contribution is 2.35. The number of nitrogens with zero attached hydrogens (tertiary/aromatic N) is 2. The van der Waals surface area contributed by atoms with Gasteiger partial charge in [-0.05, 0) is 24.2 Å². The van der Waals surface area contributed by atoms with Gasteiger partial charge in [-0.25, -0.2) is 4.98 Å². The smallest absolute Gasteiger partial charge is 0.163 e. The van der Waals surface area contributed by atoms with Crippen molar-refractivity contribution < 1.29 is 9.47 Å². The fourth-order valence-corrected chi connectivity index (χ4v) is 3.24. The number of benzene rings is 2. The molecule has 0 aliphatic carbocycles. The summed E-state index contributed by atoms with van der Waals surface area (Å²) in [5.41, 5.74) is 8.80. The molecule has 6 heteroatoms. The Morgan fingerprint density at radius 3 is 2.67 bits per heavy atom. The van der Waals surface area contributed by atoms with Crippen LogP contribution in [0.2, 0.25) is 5.02 Å². The molecule has 0 atom stereocenters. The third-order valence-corrected chi connectivity index (χ3v) is 4.32. The molecule has 0 saturated heterocycles. The Balaban J connectivity index is 1.83. The predicted molar refractivity (Wildman–Crippen MR) is 94.0 cm³/mol. The fourth-order valence-electron chi connectivity index (χ4n) is 3.03. The van der Waals surface area contributed by atoms with Crippen molar-refractivity contribution in [1.29, 1.82) is 0 Å². The van der Waals surface area contributed by atoms with Crippen LogP contribution in [0.25, 0.3) is 11.0 Å². The van der Waals surface area contributed by atoms with E-state index in [1.807, 2.05) is 30.3 Å². The summed E-state index contributed by atoms with van der Waals surface area (Å²) in [7, 11) is 0. The minimum Gasteiger partial charge on any atom is -0.486 e. The van der Waals surface area contributed by atoms with E-state index in [4.69, 9.17) is 31.8 Å². The number of ether oxygens (including phenoxy) is 2. The number of aromatic nitrogens is 2. The average molecular weight is 344 g/mol. The van der Waals surface area contributed by atoms with E-state index < -0.39 is 0 Å². The van der Waals surface area contributed by atoms with Crippen molar-refractivity contribution in [3.8, 4) is 11.5 Å². The van der Waals surface area contributed by atoms with Crippen molar-refractivity contribution in [2.75, 3.05) is 19.8 Å². The zero-order valence-corrected chi connectivity index (χ0v) is 13.9. The maximum atomic E-state index is 6.12. The van der Waals surface area contributed by atoms with E-state index in [0.717, 1.165) is 38.9 Å². The molecule has 1 aromatic heterocycles. The molecule has 1 aliphatic rings. The van der Waals surface area contributed by atoms with Crippen LogP contribution < -0.4 is 15.2 Å². The van der Waals surface area contributed by atoms with E-state index in [-0.39, 0.29) is 0 Å². The minimum absolute atomic E-state index is 0.547. The molecule has 3 aromatic rings. The third kappa shape index (κ3) is 2.81. The molecule has 4 rings (SSSR count). The van der Waals surface area contributed by atoms with Gasteiger partial charge >= 0.3 is 0 Å². The zero-order chi connectivity index (χ0) is 16.5. The number of hydrogen-bond acceptors (Lipinski definition) is 4. The summed E-state index contributed by atoms with van der Waals surface area (Å²) >= 11 is 6.12. The van der Waals surface area contributed by atoms with Crippen LogP contribution in [0.3, 0.4) is 0 Å². The first-order chi connectivity index (χ1) is 11.7. The summed E-state index contributed by atoms with van der Waals surface area (Å²) in [6, 6.07) is 11.8. The Bertz CT molecular complexity index is 891. The molecule has 24 heavy (non-hydrogen) atoms. The van der Waals surface area contributed by atoms with Gasteiger partial charge in [0.15, 0.2) is 11.5 Å². The van der Waals surface area contributed by atoms with E-state index >= 15 is 0 Å². The van der Waals surface area contributed by atoms with Crippen molar-refractivity contribution in [2.45, 2.75) is 13.0 Å². The Morgan fingerprint density at radius 2 is 1.92 bits per heavy atom. The maximum absolute atomic E-state index is 6.12. The Labute approximate surface area is 144 Å². The summed E-state index contributed by atoms with van der Waals surface area (Å²) in [4.78, 5) is 4.74. The lowest BCUT2D eigenvalue weighted by molar-refractivity contribution is 0.172. The molecule has 2 N–H and O–H groups in total. The van der Waals surface area contributed by atoms with Crippen LogP contribution in [0.4, 0.5) is 0 Å². The predicted octanol–water partition coefficient (Wildman–Crippen LogP) is 3.01. The number of halogens is 1. The normalized spacial score (nSPS) is 13.4. The van der Waals surface area contributed by atoms with Crippen molar-refractivity contribution in [3.05, 3.63) is 52.8 Å². The average Bonchev–Trinajstić information content (AvgIpc) is 2.90. The van der Waals surface area contributed by atoms with Gasteiger partial charge in [0.05, 0.1) is 11.0 Å². The number of nitrogens with two attached hydrogens (primary N) is 1. The molecule has 2 heterocycles. The lowest BCUT2D eigenvalue weighted by Gasteiger charge is -2.18. The molecule has 0 spiro atoms. The SMILES string of the molecule is NCCc1nc2cc3c(cc2n1Cc1cccc(Cl)c1)OCCO3. The topological polar surface area (TPSA) is 62.3 Å². The van der Waals surface area contributed by atoms with Crippen molar-refractivity contribution in [1.82, 2.24) is 9.55 Å². The lowest BCUT2D eigenvalue weighted by atomic mass is 10.2. The molecule has 0 unspecified atom stereocenters. The monoisotopic (exact) mass is 343 g/mol. The molecular weight excluding hydrogens is 326 g/mol. The molecule has 0 saturated carbocycles. The molecule has 0 bridgehead atoms. The Kier molecular flexibility index (Phi) is 4.04. The van der Waals surface area contributed by atoms with Gasteiger partial charge in [0.1, 0.15) is 19.0 Å². The first kappa shape index (κ1) is 15.3. The van der Waals surface area contributed by atoms with Crippen LogP contribution in [0.15, 0.2) is 36.4 Å². The third-order valence-electron chi connectivity index (χ3n) is 4.09. The number of fused-ring (bicyclic) bond motifs is 2. The molecule has 0 radical (unpaired) electrons. The largest absolute Gasteiger partial charge is 0.486 e. The van der Waals surface area contributed by atoms with Crippen molar-refractivity contribution in [2.24, 2.45) is 5.73 Å². The second-order valence-electron chi connectivity index (χ2n) is 5.77.